The molecule has 0 bridgehead atoms. The minimum absolute atomic E-state index is 0.0397. The van der Waals surface area contributed by atoms with E-state index in [1.54, 1.807) is 4.90 Å². The molecule has 1 N–H and O–H groups in total. The molecule has 3 rings (SSSR count). The number of nitrogens with zero attached hydrogens (tertiary/aromatic N) is 2. The number of carbonyl (C=O) groups excluding carboxylic acids is 2. The van der Waals surface area contributed by atoms with Crippen LogP contribution in [-0.2, 0) is 4.79 Å². The van der Waals surface area contributed by atoms with Crippen molar-refractivity contribution >= 4 is 11.8 Å². The standard InChI is InChI=1S/C18H25N3O2/c1-14-13-20(12-10-19-14)17(23)18(2)9-6-11-21(18)16(22)15-7-4-3-5-8-15/h3-5,7-8,14,19H,6,9-13H2,1-2H3. The van der Waals surface area contributed by atoms with Crippen LogP contribution in [0, 0.1) is 0 Å². The monoisotopic (exact) mass is 315 g/mol. The molecule has 0 radical (unpaired) electrons. The van der Waals surface area contributed by atoms with Crippen LogP contribution in [0.2, 0.25) is 0 Å². The zero-order valence-electron chi connectivity index (χ0n) is 13.9. The third kappa shape index (κ3) is 2.98. The quantitative estimate of drug-likeness (QED) is 0.900. The molecule has 0 spiro atoms. The van der Waals surface area contributed by atoms with Gasteiger partial charge in [0.15, 0.2) is 0 Å². The Morgan fingerprint density at radius 3 is 2.65 bits per heavy atom. The van der Waals surface area contributed by atoms with Crippen molar-refractivity contribution in [2.45, 2.75) is 38.3 Å². The predicted molar refractivity (Wildman–Crippen MR) is 89.2 cm³/mol. The Morgan fingerprint density at radius 2 is 1.96 bits per heavy atom. The fourth-order valence-corrected chi connectivity index (χ4v) is 3.71. The van der Waals surface area contributed by atoms with Crippen LogP contribution in [-0.4, -0.2) is 59.4 Å². The SMILES string of the molecule is CC1CN(C(=O)C2(C)CCCN2C(=O)c2ccccc2)CCN1. The molecular weight excluding hydrogens is 290 g/mol. The normalized spacial score (nSPS) is 28.0. The number of likely N-dealkylation sites (tertiary alicyclic amines) is 1. The van der Waals surface area contributed by atoms with E-state index in [0.29, 0.717) is 31.2 Å². The van der Waals surface area contributed by atoms with Gasteiger partial charge in [-0.05, 0) is 38.8 Å². The lowest BCUT2D eigenvalue weighted by Crippen LogP contribution is -2.61. The minimum Gasteiger partial charge on any atom is -0.338 e. The Balaban J connectivity index is 1.81. The van der Waals surface area contributed by atoms with Crippen molar-refractivity contribution in [2.75, 3.05) is 26.2 Å². The molecule has 5 heteroatoms. The number of amides is 2. The largest absolute Gasteiger partial charge is 0.338 e. The molecule has 124 valence electrons. The van der Waals surface area contributed by atoms with Crippen molar-refractivity contribution in [2.24, 2.45) is 0 Å². The van der Waals surface area contributed by atoms with Gasteiger partial charge in [-0.15, -0.1) is 0 Å². The summed E-state index contributed by atoms with van der Waals surface area (Å²) in [6.45, 7) is 6.90. The van der Waals surface area contributed by atoms with Crippen LogP contribution < -0.4 is 5.32 Å². The first-order chi connectivity index (χ1) is 11.0. The molecule has 2 unspecified atom stereocenters. The lowest BCUT2D eigenvalue weighted by atomic mass is 9.95. The van der Waals surface area contributed by atoms with E-state index in [1.807, 2.05) is 42.2 Å². The maximum absolute atomic E-state index is 13.1. The number of nitrogens with one attached hydrogen (secondary N) is 1. The number of rotatable bonds is 2. The molecule has 2 aliphatic heterocycles. The smallest absolute Gasteiger partial charge is 0.254 e. The first-order valence-electron chi connectivity index (χ1n) is 8.42. The highest BCUT2D eigenvalue weighted by atomic mass is 16.2. The molecule has 2 heterocycles. The molecule has 23 heavy (non-hydrogen) atoms. The van der Waals surface area contributed by atoms with Crippen molar-refractivity contribution in [3.63, 3.8) is 0 Å². The van der Waals surface area contributed by atoms with Gasteiger partial charge < -0.3 is 15.1 Å². The van der Waals surface area contributed by atoms with Crippen molar-refractivity contribution in [1.82, 2.24) is 15.1 Å². The summed E-state index contributed by atoms with van der Waals surface area (Å²) < 4.78 is 0. The second-order valence-corrected chi connectivity index (χ2v) is 6.81. The minimum atomic E-state index is -0.718. The van der Waals surface area contributed by atoms with Crippen molar-refractivity contribution < 1.29 is 9.59 Å². The lowest BCUT2D eigenvalue weighted by molar-refractivity contribution is -0.142. The first-order valence-corrected chi connectivity index (χ1v) is 8.42. The molecule has 1 aromatic carbocycles. The van der Waals surface area contributed by atoms with Crippen LogP contribution in [0.25, 0.3) is 0 Å². The van der Waals surface area contributed by atoms with Crippen molar-refractivity contribution in [3.05, 3.63) is 35.9 Å². The zero-order chi connectivity index (χ0) is 16.4. The van der Waals surface area contributed by atoms with E-state index >= 15 is 0 Å². The molecular formula is C18H25N3O2. The fourth-order valence-electron chi connectivity index (χ4n) is 3.71. The van der Waals surface area contributed by atoms with Crippen molar-refractivity contribution in [1.29, 1.82) is 0 Å². The van der Waals surface area contributed by atoms with Gasteiger partial charge in [-0.3, -0.25) is 9.59 Å². The summed E-state index contributed by atoms with van der Waals surface area (Å²) >= 11 is 0. The van der Waals surface area contributed by atoms with Crippen molar-refractivity contribution in [3.8, 4) is 0 Å². The van der Waals surface area contributed by atoms with Gasteiger partial charge >= 0.3 is 0 Å². The van der Waals surface area contributed by atoms with E-state index in [4.69, 9.17) is 0 Å². The Hall–Kier alpha value is -1.88. The summed E-state index contributed by atoms with van der Waals surface area (Å²) in [6.07, 6.45) is 1.62. The van der Waals surface area contributed by atoms with Gasteiger partial charge in [0.05, 0.1) is 0 Å². The molecule has 2 saturated heterocycles. The zero-order valence-corrected chi connectivity index (χ0v) is 13.9. The number of piperazine rings is 1. The fraction of sp³-hybridized carbons (Fsp3) is 0.556. The molecule has 2 fully saturated rings. The van der Waals surface area contributed by atoms with Crippen LogP contribution in [0.4, 0.5) is 0 Å². The third-order valence-electron chi connectivity index (χ3n) is 5.02. The van der Waals surface area contributed by atoms with Gasteiger partial charge in [-0.1, -0.05) is 18.2 Å². The van der Waals surface area contributed by atoms with Gasteiger partial charge in [-0.2, -0.15) is 0 Å². The van der Waals surface area contributed by atoms with E-state index < -0.39 is 5.54 Å². The molecule has 2 amide bonds. The highest BCUT2D eigenvalue weighted by molar-refractivity contribution is 5.99. The molecule has 2 atom stereocenters. The first kappa shape index (κ1) is 16.0. The summed E-state index contributed by atoms with van der Waals surface area (Å²) in [4.78, 5) is 29.7. The predicted octanol–water partition coefficient (Wildman–Crippen LogP) is 1.50. The second kappa shape index (κ2) is 6.32. The Bertz CT molecular complexity index is 589. The maximum Gasteiger partial charge on any atom is 0.254 e. The van der Waals surface area contributed by atoms with Gasteiger partial charge in [0, 0.05) is 37.8 Å². The molecule has 1 aromatic rings. The molecule has 0 aliphatic carbocycles. The number of hydrogen-bond acceptors (Lipinski definition) is 3. The van der Waals surface area contributed by atoms with Gasteiger partial charge in [-0.25, -0.2) is 0 Å². The summed E-state index contributed by atoms with van der Waals surface area (Å²) in [5.41, 5.74) is -0.0635. The Labute approximate surface area is 137 Å². The number of benzene rings is 1. The third-order valence-corrected chi connectivity index (χ3v) is 5.02. The highest BCUT2D eigenvalue weighted by Gasteiger charge is 2.48. The number of carbonyl (C=O) groups is 2. The summed E-state index contributed by atoms with van der Waals surface area (Å²) in [5.74, 6) is 0.0507. The van der Waals surface area contributed by atoms with Gasteiger partial charge in [0.25, 0.3) is 5.91 Å². The maximum atomic E-state index is 13.1. The van der Waals surface area contributed by atoms with Crippen LogP contribution in [0.1, 0.15) is 37.0 Å². The van der Waals surface area contributed by atoms with E-state index in [1.165, 1.54) is 0 Å². The molecule has 0 saturated carbocycles. The topological polar surface area (TPSA) is 52.7 Å². The van der Waals surface area contributed by atoms with Gasteiger partial charge in [0.2, 0.25) is 5.91 Å². The summed E-state index contributed by atoms with van der Waals surface area (Å²) in [7, 11) is 0. The van der Waals surface area contributed by atoms with Gasteiger partial charge in [0.1, 0.15) is 5.54 Å². The average Bonchev–Trinajstić information content (AvgIpc) is 2.97. The van der Waals surface area contributed by atoms with Crippen LogP contribution in [0.5, 0.6) is 0 Å². The van der Waals surface area contributed by atoms with Crippen LogP contribution >= 0.6 is 0 Å². The van der Waals surface area contributed by atoms with Crippen LogP contribution in [0.3, 0.4) is 0 Å². The molecule has 0 aromatic heterocycles. The summed E-state index contributed by atoms with van der Waals surface area (Å²) in [5, 5.41) is 3.36. The van der Waals surface area contributed by atoms with Crippen LogP contribution in [0.15, 0.2) is 30.3 Å². The van der Waals surface area contributed by atoms with E-state index in [-0.39, 0.29) is 11.8 Å². The highest BCUT2D eigenvalue weighted by Crippen LogP contribution is 2.32. The molecule has 2 aliphatic rings. The summed E-state index contributed by atoms with van der Waals surface area (Å²) in [6, 6.07) is 9.56. The second-order valence-electron chi connectivity index (χ2n) is 6.81. The Kier molecular flexibility index (Phi) is 4.39. The lowest BCUT2D eigenvalue weighted by Gasteiger charge is -2.41. The van der Waals surface area contributed by atoms with E-state index in [9.17, 15) is 9.59 Å². The molecule has 5 nitrogen and oxygen atoms in total. The number of hydrogen-bond donors (Lipinski definition) is 1. The Morgan fingerprint density at radius 1 is 1.22 bits per heavy atom. The van der Waals surface area contributed by atoms with E-state index in [0.717, 1.165) is 19.4 Å². The van der Waals surface area contributed by atoms with E-state index in [2.05, 4.69) is 12.2 Å². The average molecular weight is 315 g/mol.